The fraction of sp³-hybridized carbons (Fsp3) is 0.133. The van der Waals surface area contributed by atoms with E-state index in [1.165, 1.54) is 10.7 Å². The maximum absolute atomic E-state index is 14.2. The van der Waals surface area contributed by atoms with E-state index in [4.69, 9.17) is 5.73 Å². The average molecular weight is 283 g/mol. The van der Waals surface area contributed by atoms with Crippen molar-refractivity contribution in [1.82, 2.24) is 20.2 Å². The van der Waals surface area contributed by atoms with Gasteiger partial charge in [0, 0.05) is 11.3 Å². The standard InChI is InChI=1S/C15H14FN5/c1-9-5-4-8-12(17)13(9)15-18-19-20-21(15)14-10(2)6-3-7-11(14)16/h3-8H,17H2,1-2H3. The fourth-order valence-electron chi connectivity index (χ4n) is 2.38. The molecule has 0 amide bonds. The molecule has 0 spiro atoms. The molecule has 0 saturated heterocycles. The first-order valence-corrected chi connectivity index (χ1v) is 6.49. The number of aromatic nitrogens is 4. The minimum Gasteiger partial charge on any atom is -0.398 e. The van der Waals surface area contributed by atoms with Gasteiger partial charge in [-0.1, -0.05) is 24.3 Å². The summed E-state index contributed by atoms with van der Waals surface area (Å²) in [6.07, 6.45) is 0. The summed E-state index contributed by atoms with van der Waals surface area (Å²) in [6, 6.07) is 10.4. The zero-order valence-electron chi connectivity index (χ0n) is 11.7. The number of nitrogen functional groups attached to an aromatic ring is 1. The lowest BCUT2D eigenvalue weighted by Crippen LogP contribution is -2.06. The second kappa shape index (κ2) is 4.97. The van der Waals surface area contributed by atoms with Gasteiger partial charge in [-0.3, -0.25) is 0 Å². The van der Waals surface area contributed by atoms with Gasteiger partial charge in [-0.15, -0.1) is 5.10 Å². The van der Waals surface area contributed by atoms with E-state index in [1.807, 2.05) is 32.0 Å². The van der Waals surface area contributed by atoms with E-state index in [-0.39, 0.29) is 5.82 Å². The van der Waals surface area contributed by atoms with Crippen molar-refractivity contribution in [3.05, 3.63) is 53.3 Å². The summed E-state index contributed by atoms with van der Waals surface area (Å²) in [7, 11) is 0. The van der Waals surface area contributed by atoms with Gasteiger partial charge in [-0.05, 0) is 47.5 Å². The van der Waals surface area contributed by atoms with Crippen molar-refractivity contribution in [2.75, 3.05) is 5.73 Å². The van der Waals surface area contributed by atoms with Gasteiger partial charge >= 0.3 is 0 Å². The molecule has 0 aliphatic rings. The van der Waals surface area contributed by atoms with Crippen LogP contribution in [0.3, 0.4) is 0 Å². The molecule has 0 aliphatic heterocycles. The van der Waals surface area contributed by atoms with E-state index < -0.39 is 0 Å². The van der Waals surface area contributed by atoms with Gasteiger partial charge in [0.2, 0.25) is 0 Å². The van der Waals surface area contributed by atoms with Gasteiger partial charge in [0.05, 0.1) is 0 Å². The Balaban J connectivity index is 2.28. The third kappa shape index (κ3) is 2.14. The molecule has 0 aliphatic carbocycles. The van der Waals surface area contributed by atoms with Crippen LogP contribution in [0.25, 0.3) is 17.1 Å². The highest BCUT2D eigenvalue weighted by molar-refractivity contribution is 5.75. The SMILES string of the molecule is Cc1cccc(N)c1-c1nnnn1-c1c(C)cccc1F. The molecule has 21 heavy (non-hydrogen) atoms. The van der Waals surface area contributed by atoms with Crippen molar-refractivity contribution in [1.29, 1.82) is 0 Å². The highest BCUT2D eigenvalue weighted by Crippen LogP contribution is 2.30. The lowest BCUT2D eigenvalue weighted by molar-refractivity contribution is 0.606. The second-order valence-corrected chi connectivity index (χ2v) is 4.86. The Morgan fingerprint density at radius 2 is 1.76 bits per heavy atom. The summed E-state index contributed by atoms with van der Waals surface area (Å²) >= 11 is 0. The number of hydrogen-bond donors (Lipinski definition) is 1. The van der Waals surface area contributed by atoms with Gasteiger partial charge in [0.25, 0.3) is 0 Å². The van der Waals surface area contributed by atoms with Crippen LogP contribution in [-0.2, 0) is 0 Å². The molecule has 3 aromatic rings. The monoisotopic (exact) mass is 283 g/mol. The first-order chi connectivity index (χ1) is 10.1. The number of anilines is 1. The lowest BCUT2D eigenvalue weighted by atomic mass is 10.1. The van der Waals surface area contributed by atoms with Crippen LogP contribution in [-0.4, -0.2) is 20.2 Å². The molecule has 106 valence electrons. The fourth-order valence-corrected chi connectivity index (χ4v) is 2.38. The molecule has 2 aromatic carbocycles. The highest BCUT2D eigenvalue weighted by Gasteiger charge is 2.19. The quantitative estimate of drug-likeness (QED) is 0.734. The number of benzene rings is 2. The van der Waals surface area contributed by atoms with Crippen molar-refractivity contribution in [3.63, 3.8) is 0 Å². The molecule has 1 heterocycles. The molecule has 0 radical (unpaired) electrons. The van der Waals surface area contributed by atoms with E-state index in [9.17, 15) is 4.39 Å². The first kappa shape index (κ1) is 13.2. The summed E-state index contributed by atoms with van der Waals surface area (Å²) in [5.74, 6) is 0.0505. The van der Waals surface area contributed by atoms with Crippen LogP contribution in [0.2, 0.25) is 0 Å². The lowest BCUT2D eigenvalue weighted by Gasteiger charge is -2.11. The molecule has 0 fully saturated rings. The number of nitrogens with two attached hydrogens (primary N) is 1. The Hall–Kier alpha value is -2.76. The summed E-state index contributed by atoms with van der Waals surface area (Å²) in [4.78, 5) is 0. The molecular formula is C15H14FN5. The van der Waals surface area contributed by atoms with Crippen molar-refractivity contribution >= 4 is 5.69 Å². The molecule has 6 heteroatoms. The highest BCUT2D eigenvalue weighted by atomic mass is 19.1. The maximum Gasteiger partial charge on any atom is 0.189 e. The normalized spacial score (nSPS) is 10.8. The van der Waals surface area contributed by atoms with Crippen LogP contribution in [0.4, 0.5) is 10.1 Å². The Kier molecular flexibility index (Phi) is 3.13. The smallest absolute Gasteiger partial charge is 0.189 e. The number of rotatable bonds is 2. The van der Waals surface area contributed by atoms with Crippen LogP contribution < -0.4 is 5.73 Å². The summed E-state index contributed by atoms with van der Waals surface area (Å²) in [5.41, 5.74) is 9.31. The third-order valence-electron chi connectivity index (χ3n) is 3.40. The Labute approximate surface area is 121 Å². The van der Waals surface area contributed by atoms with E-state index in [0.717, 1.165) is 11.1 Å². The topological polar surface area (TPSA) is 69.6 Å². The van der Waals surface area contributed by atoms with E-state index in [1.54, 1.807) is 12.1 Å². The molecule has 0 saturated carbocycles. The number of para-hydroxylation sites is 1. The zero-order valence-corrected chi connectivity index (χ0v) is 11.7. The largest absolute Gasteiger partial charge is 0.398 e. The van der Waals surface area contributed by atoms with Gasteiger partial charge < -0.3 is 5.73 Å². The summed E-state index contributed by atoms with van der Waals surface area (Å²) in [6.45, 7) is 3.73. The maximum atomic E-state index is 14.2. The van der Waals surface area contributed by atoms with Crippen LogP contribution >= 0.6 is 0 Å². The van der Waals surface area contributed by atoms with Crippen molar-refractivity contribution in [2.45, 2.75) is 13.8 Å². The van der Waals surface area contributed by atoms with Crippen LogP contribution in [0.1, 0.15) is 11.1 Å². The molecule has 0 bridgehead atoms. The van der Waals surface area contributed by atoms with Crippen LogP contribution in [0, 0.1) is 19.7 Å². The molecule has 0 atom stereocenters. The Bertz CT molecular complexity index is 703. The molecule has 5 nitrogen and oxygen atoms in total. The summed E-state index contributed by atoms with van der Waals surface area (Å²) < 4.78 is 15.6. The molecule has 1 aromatic heterocycles. The average Bonchev–Trinajstić information content (AvgIpc) is 2.87. The predicted molar refractivity (Wildman–Crippen MR) is 78.4 cm³/mol. The number of tetrazole rings is 1. The Morgan fingerprint density at radius 3 is 2.48 bits per heavy atom. The van der Waals surface area contributed by atoms with E-state index >= 15 is 0 Å². The van der Waals surface area contributed by atoms with Crippen LogP contribution in [0.15, 0.2) is 36.4 Å². The number of halogens is 1. The van der Waals surface area contributed by atoms with Crippen molar-refractivity contribution in [3.8, 4) is 17.1 Å². The molecule has 3 rings (SSSR count). The number of aryl methyl sites for hydroxylation is 2. The number of hydrogen-bond acceptors (Lipinski definition) is 4. The Morgan fingerprint density at radius 1 is 1.05 bits per heavy atom. The number of nitrogens with zero attached hydrogens (tertiary/aromatic N) is 4. The minimum absolute atomic E-state index is 0.333. The predicted octanol–water partition coefficient (Wildman–Crippen LogP) is 2.67. The summed E-state index contributed by atoms with van der Waals surface area (Å²) in [5, 5.41) is 11.6. The van der Waals surface area contributed by atoms with Gasteiger partial charge in [-0.2, -0.15) is 4.68 Å². The third-order valence-corrected chi connectivity index (χ3v) is 3.40. The molecule has 2 N–H and O–H groups in total. The first-order valence-electron chi connectivity index (χ1n) is 6.49. The minimum atomic E-state index is -0.379. The zero-order chi connectivity index (χ0) is 15.0. The second-order valence-electron chi connectivity index (χ2n) is 4.86. The van der Waals surface area contributed by atoms with Crippen molar-refractivity contribution < 1.29 is 4.39 Å². The van der Waals surface area contributed by atoms with E-state index in [0.29, 0.717) is 22.8 Å². The van der Waals surface area contributed by atoms with Crippen molar-refractivity contribution in [2.24, 2.45) is 0 Å². The van der Waals surface area contributed by atoms with Gasteiger partial charge in [-0.25, -0.2) is 4.39 Å². The molecular weight excluding hydrogens is 269 g/mol. The van der Waals surface area contributed by atoms with Gasteiger partial charge in [0.15, 0.2) is 5.82 Å². The van der Waals surface area contributed by atoms with Crippen LogP contribution in [0.5, 0.6) is 0 Å². The van der Waals surface area contributed by atoms with E-state index in [2.05, 4.69) is 15.5 Å². The van der Waals surface area contributed by atoms with Gasteiger partial charge in [0.1, 0.15) is 11.5 Å². The molecule has 0 unspecified atom stereocenters.